The molecule has 0 aliphatic carbocycles. The summed E-state index contributed by atoms with van der Waals surface area (Å²) in [7, 11) is 0. The Morgan fingerprint density at radius 3 is 2.52 bits per heavy atom. The topological polar surface area (TPSA) is 71.0 Å². The number of benzene rings is 1. The van der Waals surface area contributed by atoms with Gasteiger partial charge in [0.05, 0.1) is 12.2 Å². The average molecular weight is 322 g/mol. The summed E-state index contributed by atoms with van der Waals surface area (Å²) >= 11 is 0. The van der Waals surface area contributed by atoms with Gasteiger partial charge in [0.1, 0.15) is 18.5 Å². The monoisotopic (exact) mass is 322 g/mol. The van der Waals surface area contributed by atoms with Gasteiger partial charge in [-0.05, 0) is 38.1 Å². The van der Waals surface area contributed by atoms with Gasteiger partial charge in [0.25, 0.3) is 0 Å². The second kappa shape index (κ2) is 8.29. The number of aliphatic hydroxyl groups is 1. The fourth-order valence-corrected chi connectivity index (χ4v) is 2.81. The molecule has 6 heteroatoms. The van der Waals surface area contributed by atoms with Crippen LogP contribution in [0.1, 0.15) is 20.8 Å². The van der Waals surface area contributed by atoms with E-state index in [-0.39, 0.29) is 24.7 Å². The second-order valence-electron chi connectivity index (χ2n) is 6.15. The predicted molar refractivity (Wildman–Crippen MR) is 88.7 cm³/mol. The molecule has 23 heavy (non-hydrogen) atoms. The SMILES string of the molecule is CC(=O)Nc1ccc(OC[C@H](O)CN2C[C@@H](C)O[C@@H](C)C2)cc1. The number of β-amino-alcohol motifs (C(OH)–C–C–N with tert-alkyl or cyclic N) is 1. The lowest BCUT2D eigenvalue weighted by Crippen LogP contribution is -2.48. The minimum Gasteiger partial charge on any atom is -0.491 e. The number of ether oxygens (including phenoxy) is 2. The Morgan fingerprint density at radius 2 is 1.96 bits per heavy atom. The van der Waals surface area contributed by atoms with E-state index in [0.29, 0.717) is 12.3 Å². The van der Waals surface area contributed by atoms with Crippen LogP contribution in [0.2, 0.25) is 0 Å². The summed E-state index contributed by atoms with van der Waals surface area (Å²) in [6.07, 6.45) is -0.177. The third-order valence-corrected chi connectivity index (χ3v) is 3.58. The van der Waals surface area contributed by atoms with Crippen molar-refractivity contribution in [3.05, 3.63) is 24.3 Å². The summed E-state index contributed by atoms with van der Waals surface area (Å²) in [6.45, 7) is 8.01. The zero-order valence-corrected chi connectivity index (χ0v) is 14.0. The lowest BCUT2D eigenvalue weighted by molar-refractivity contribution is -0.114. The van der Waals surface area contributed by atoms with Gasteiger partial charge in [-0.2, -0.15) is 0 Å². The molecule has 0 bridgehead atoms. The Hall–Kier alpha value is -1.63. The van der Waals surface area contributed by atoms with Gasteiger partial charge in [-0.15, -0.1) is 0 Å². The first-order valence-corrected chi connectivity index (χ1v) is 7.98. The number of nitrogens with one attached hydrogen (secondary N) is 1. The minimum atomic E-state index is -0.553. The van der Waals surface area contributed by atoms with E-state index in [9.17, 15) is 9.90 Å². The molecule has 2 rings (SSSR count). The van der Waals surface area contributed by atoms with Gasteiger partial charge < -0.3 is 19.9 Å². The molecule has 0 spiro atoms. The first-order valence-electron chi connectivity index (χ1n) is 7.98. The van der Waals surface area contributed by atoms with Crippen molar-refractivity contribution < 1.29 is 19.4 Å². The van der Waals surface area contributed by atoms with E-state index in [4.69, 9.17) is 9.47 Å². The molecule has 6 nitrogen and oxygen atoms in total. The van der Waals surface area contributed by atoms with Crippen LogP contribution in [-0.2, 0) is 9.53 Å². The van der Waals surface area contributed by atoms with Crippen molar-refractivity contribution in [3.63, 3.8) is 0 Å². The minimum absolute atomic E-state index is 0.108. The molecule has 1 aliphatic rings. The van der Waals surface area contributed by atoms with Gasteiger partial charge in [0.2, 0.25) is 5.91 Å². The Labute approximate surface area is 137 Å². The quantitative estimate of drug-likeness (QED) is 0.830. The zero-order chi connectivity index (χ0) is 16.8. The third kappa shape index (κ3) is 6.17. The van der Waals surface area contributed by atoms with Gasteiger partial charge in [0.15, 0.2) is 0 Å². The molecule has 1 fully saturated rings. The number of rotatable bonds is 6. The van der Waals surface area contributed by atoms with E-state index in [1.54, 1.807) is 24.3 Å². The fraction of sp³-hybridized carbons (Fsp3) is 0.588. The van der Waals surface area contributed by atoms with E-state index in [0.717, 1.165) is 18.8 Å². The summed E-state index contributed by atoms with van der Waals surface area (Å²) in [5, 5.41) is 12.8. The summed E-state index contributed by atoms with van der Waals surface area (Å²) in [6, 6.07) is 7.09. The lowest BCUT2D eigenvalue weighted by atomic mass is 10.2. The van der Waals surface area contributed by atoms with Crippen LogP contribution in [0.3, 0.4) is 0 Å². The maximum absolute atomic E-state index is 11.0. The number of amides is 1. The molecule has 0 saturated carbocycles. The molecule has 1 aromatic rings. The molecular formula is C17H26N2O4. The highest BCUT2D eigenvalue weighted by atomic mass is 16.5. The Balaban J connectivity index is 1.75. The largest absolute Gasteiger partial charge is 0.491 e. The molecule has 2 N–H and O–H groups in total. The average Bonchev–Trinajstić information content (AvgIpc) is 2.45. The Kier molecular flexibility index (Phi) is 6.38. The van der Waals surface area contributed by atoms with E-state index in [1.165, 1.54) is 6.92 Å². The van der Waals surface area contributed by atoms with Crippen molar-refractivity contribution in [2.75, 3.05) is 31.6 Å². The molecule has 1 aliphatic heterocycles. The summed E-state index contributed by atoms with van der Waals surface area (Å²) in [5.74, 6) is 0.560. The van der Waals surface area contributed by atoms with Crippen LogP contribution in [-0.4, -0.2) is 60.5 Å². The van der Waals surface area contributed by atoms with Crippen LogP contribution in [0, 0.1) is 0 Å². The van der Waals surface area contributed by atoms with Crippen molar-refractivity contribution in [3.8, 4) is 5.75 Å². The number of aliphatic hydroxyl groups excluding tert-OH is 1. The highest BCUT2D eigenvalue weighted by Crippen LogP contribution is 2.16. The molecule has 1 aromatic carbocycles. The molecule has 0 unspecified atom stereocenters. The highest BCUT2D eigenvalue weighted by molar-refractivity contribution is 5.88. The van der Waals surface area contributed by atoms with Crippen LogP contribution < -0.4 is 10.1 Å². The molecule has 1 amide bonds. The highest BCUT2D eigenvalue weighted by Gasteiger charge is 2.23. The van der Waals surface area contributed by atoms with Gasteiger partial charge in [0, 0.05) is 32.2 Å². The Bertz CT molecular complexity index is 496. The summed E-state index contributed by atoms with van der Waals surface area (Å²) < 4.78 is 11.3. The van der Waals surface area contributed by atoms with E-state index >= 15 is 0 Å². The van der Waals surface area contributed by atoms with Crippen LogP contribution >= 0.6 is 0 Å². The van der Waals surface area contributed by atoms with E-state index in [2.05, 4.69) is 10.2 Å². The van der Waals surface area contributed by atoms with Gasteiger partial charge in [-0.25, -0.2) is 0 Å². The molecule has 3 atom stereocenters. The number of nitrogens with zero attached hydrogens (tertiary/aromatic N) is 1. The second-order valence-corrected chi connectivity index (χ2v) is 6.15. The molecule has 1 heterocycles. The summed E-state index contributed by atoms with van der Waals surface area (Å²) in [4.78, 5) is 13.2. The summed E-state index contributed by atoms with van der Waals surface area (Å²) in [5.41, 5.74) is 0.724. The maximum atomic E-state index is 11.0. The van der Waals surface area contributed by atoms with Crippen molar-refractivity contribution >= 4 is 11.6 Å². The molecular weight excluding hydrogens is 296 g/mol. The van der Waals surface area contributed by atoms with Crippen LogP contribution in [0.5, 0.6) is 5.75 Å². The fourth-order valence-electron chi connectivity index (χ4n) is 2.81. The predicted octanol–water partition coefficient (Wildman–Crippen LogP) is 1.49. The van der Waals surface area contributed by atoms with E-state index < -0.39 is 6.10 Å². The first kappa shape index (κ1) is 17.7. The normalized spacial score (nSPS) is 23.3. The number of hydrogen-bond acceptors (Lipinski definition) is 5. The van der Waals surface area contributed by atoms with Crippen LogP contribution in [0.15, 0.2) is 24.3 Å². The van der Waals surface area contributed by atoms with Gasteiger partial charge in [-0.3, -0.25) is 9.69 Å². The standard InChI is InChI=1S/C17H26N2O4/c1-12-8-19(9-13(2)23-12)10-16(21)11-22-17-6-4-15(5-7-17)18-14(3)20/h4-7,12-13,16,21H,8-11H2,1-3H3,(H,18,20)/t12-,13+,16-/m1/s1. The van der Waals surface area contributed by atoms with Gasteiger partial charge >= 0.3 is 0 Å². The smallest absolute Gasteiger partial charge is 0.221 e. The molecule has 0 aromatic heterocycles. The van der Waals surface area contributed by atoms with Crippen LogP contribution in [0.25, 0.3) is 0 Å². The third-order valence-electron chi connectivity index (χ3n) is 3.58. The molecule has 1 saturated heterocycles. The van der Waals surface area contributed by atoms with Crippen molar-refractivity contribution in [1.29, 1.82) is 0 Å². The van der Waals surface area contributed by atoms with Crippen LogP contribution in [0.4, 0.5) is 5.69 Å². The number of morpholine rings is 1. The maximum Gasteiger partial charge on any atom is 0.221 e. The number of anilines is 1. The Morgan fingerprint density at radius 1 is 1.35 bits per heavy atom. The van der Waals surface area contributed by atoms with Crippen molar-refractivity contribution in [2.45, 2.75) is 39.1 Å². The zero-order valence-electron chi connectivity index (χ0n) is 14.0. The van der Waals surface area contributed by atoms with Gasteiger partial charge in [-0.1, -0.05) is 0 Å². The van der Waals surface area contributed by atoms with Crippen molar-refractivity contribution in [1.82, 2.24) is 4.90 Å². The number of hydrogen-bond donors (Lipinski definition) is 2. The molecule has 128 valence electrons. The number of carbonyl (C=O) groups excluding carboxylic acids is 1. The first-order chi connectivity index (χ1) is 10.9. The van der Waals surface area contributed by atoms with E-state index in [1.807, 2.05) is 13.8 Å². The molecule has 0 radical (unpaired) electrons. The lowest BCUT2D eigenvalue weighted by Gasteiger charge is -2.36. The van der Waals surface area contributed by atoms with Crippen molar-refractivity contribution in [2.24, 2.45) is 0 Å². The number of carbonyl (C=O) groups is 1.